The molecule has 0 spiro atoms. The lowest BCUT2D eigenvalue weighted by molar-refractivity contribution is 0.140. The second-order valence-electron chi connectivity index (χ2n) is 13.1. The molecular formula is C34H54F2O. The molecule has 0 amide bonds. The third-order valence-corrected chi connectivity index (χ3v) is 10.6. The van der Waals surface area contributed by atoms with E-state index >= 15 is 0 Å². The van der Waals surface area contributed by atoms with Gasteiger partial charge in [-0.15, -0.1) is 0 Å². The van der Waals surface area contributed by atoms with Crippen LogP contribution >= 0.6 is 0 Å². The molecule has 0 aliphatic heterocycles. The highest BCUT2D eigenvalue weighted by Crippen LogP contribution is 2.43. The van der Waals surface area contributed by atoms with Crippen molar-refractivity contribution in [3.63, 3.8) is 0 Å². The van der Waals surface area contributed by atoms with Crippen molar-refractivity contribution >= 4 is 0 Å². The van der Waals surface area contributed by atoms with Gasteiger partial charge in [-0.05, 0) is 98.5 Å². The van der Waals surface area contributed by atoms with Gasteiger partial charge in [0.05, 0.1) is 6.61 Å². The number of rotatable bonds is 12. The molecule has 210 valence electrons. The van der Waals surface area contributed by atoms with Crippen molar-refractivity contribution < 1.29 is 13.5 Å². The average molecular weight is 517 g/mol. The summed E-state index contributed by atoms with van der Waals surface area (Å²) in [7, 11) is 0. The summed E-state index contributed by atoms with van der Waals surface area (Å²) in [6.07, 6.45) is 24.3. The van der Waals surface area contributed by atoms with Crippen LogP contribution in [0.2, 0.25) is 0 Å². The van der Waals surface area contributed by atoms with Crippen LogP contribution in [0.5, 0.6) is 5.75 Å². The number of hydrogen-bond acceptors (Lipinski definition) is 1. The Bertz CT molecular complexity index is 783. The van der Waals surface area contributed by atoms with E-state index in [4.69, 9.17) is 4.74 Å². The monoisotopic (exact) mass is 516 g/mol. The molecule has 1 nitrogen and oxygen atoms in total. The first kappa shape index (κ1) is 28.9. The van der Waals surface area contributed by atoms with Gasteiger partial charge in [-0.3, -0.25) is 0 Å². The molecule has 4 rings (SSSR count). The first-order valence-electron chi connectivity index (χ1n) is 16.2. The van der Waals surface area contributed by atoms with E-state index in [0.29, 0.717) is 30.4 Å². The van der Waals surface area contributed by atoms with Crippen molar-refractivity contribution in [3.8, 4) is 5.75 Å². The topological polar surface area (TPSA) is 9.23 Å². The Morgan fingerprint density at radius 2 is 1.22 bits per heavy atom. The first-order valence-corrected chi connectivity index (χ1v) is 16.2. The zero-order valence-corrected chi connectivity index (χ0v) is 23.9. The van der Waals surface area contributed by atoms with Crippen LogP contribution in [-0.2, 0) is 6.42 Å². The van der Waals surface area contributed by atoms with Gasteiger partial charge in [0, 0.05) is 0 Å². The van der Waals surface area contributed by atoms with Crippen molar-refractivity contribution in [2.75, 3.05) is 6.61 Å². The van der Waals surface area contributed by atoms with Crippen molar-refractivity contribution in [2.24, 2.45) is 35.5 Å². The Morgan fingerprint density at radius 3 is 1.81 bits per heavy atom. The second kappa shape index (κ2) is 14.9. The molecule has 0 saturated heterocycles. The minimum atomic E-state index is -0.784. The summed E-state index contributed by atoms with van der Waals surface area (Å²) in [5.41, 5.74) is 0.525. The lowest BCUT2D eigenvalue weighted by Gasteiger charge is -2.38. The minimum absolute atomic E-state index is 0.0967. The van der Waals surface area contributed by atoms with Crippen molar-refractivity contribution in [1.82, 2.24) is 0 Å². The van der Waals surface area contributed by atoms with Gasteiger partial charge in [-0.1, -0.05) is 90.5 Å². The van der Waals surface area contributed by atoms with E-state index in [0.717, 1.165) is 42.9 Å². The predicted molar refractivity (Wildman–Crippen MR) is 151 cm³/mol. The van der Waals surface area contributed by atoms with Gasteiger partial charge in [0.1, 0.15) is 0 Å². The summed E-state index contributed by atoms with van der Waals surface area (Å²) in [5, 5.41) is 0. The number of benzene rings is 1. The maximum atomic E-state index is 14.9. The molecule has 3 saturated carbocycles. The fraction of sp³-hybridized carbons (Fsp3) is 0.824. The van der Waals surface area contributed by atoms with Gasteiger partial charge in [0.15, 0.2) is 11.6 Å². The van der Waals surface area contributed by atoms with E-state index in [1.54, 1.807) is 12.1 Å². The van der Waals surface area contributed by atoms with E-state index in [1.807, 2.05) is 0 Å². The molecule has 0 bridgehead atoms. The van der Waals surface area contributed by atoms with E-state index in [-0.39, 0.29) is 5.75 Å². The largest absolute Gasteiger partial charge is 0.490 e. The molecule has 0 unspecified atom stereocenters. The Morgan fingerprint density at radius 1 is 0.649 bits per heavy atom. The summed E-state index contributed by atoms with van der Waals surface area (Å²) < 4.78 is 35.4. The summed E-state index contributed by atoms with van der Waals surface area (Å²) >= 11 is 0. The highest BCUT2D eigenvalue weighted by molar-refractivity contribution is 5.31. The van der Waals surface area contributed by atoms with Crippen LogP contribution in [0.4, 0.5) is 8.78 Å². The number of ether oxygens (including phenoxy) is 1. The summed E-state index contributed by atoms with van der Waals surface area (Å²) in [6, 6.07) is 3.44. The molecule has 0 aromatic heterocycles. The van der Waals surface area contributed by atoms with E-state index in [2.05, 4.69) is 13.8 Å². The normalized spacial score (nSPS) is 30.8. The molecule has 1 aromatic rings. The molecular weight excluding hydrogens is 462 g/mol. The van der Waals surface area contributed by atoms with Crippen LogP contribution in [0.15, 0.2) is 12.1 Å². The maximum Gasteiger partial charge on any atom is 0.200 e. The van der Waals surface area contributed by atoms with E-state index in [9.17, 15) is 8.78 Å². The Labute approximate surface area is 226 Å². The lowest BCUT2D eigenvalue weighted by Crippen LogP contribution is -2.26. The van der Waals surface area contributed by atoms with Crippen LogP contribution in [-0.4, -0.2) is 6.61 Å². The molecule has 3 aliphatic carbocycles. The first-order chi connectivity index (χ1) is 18.1. The summed E-state index contributed by atoms with van der Waals surface area (Å²) in [5.74, 6) is 3.45. The van der Waals surface area contributed by atoms with Crippen LogP contribution in [0.25, 0.3) is 0 Å². The van der Waals surface area contributed by atoms with Crippen LogP contribution in [0.1, 0.15) is 135 Å². The molecule has 0 radical (unpaired) electrons. The predicted octanol–water partition coefficient (Wildman–Crippen LogP) is 10.7. The smallest absolute Gasteiger partial charge is 0.200 e. The highest BCUT2D eigenvalue weighted by atomic mass is 19.2. The van der Waals surface area contributed by atoms with Crippen LogP contribution in [0, 0.1) is 47.1 Å². The number of aryl methyl sites for hydroxylation is 1. The third kappa shape index (κ3) is 8.43. The number of hydrogen-bond donors (Lipinski definition) is 0. The van der Waals surface area contributed by atoms with E-state index in [1.165, 1.54) is 96.3 Å². The molecule has 0 N–H and O–H groups in total. The Hall–Kier alpha value is -1.12. The highest BCUT2D eigenvalue weighted by Gasteiger charge is 2.31. The SMILES string of the molecule is CCCCC[C@H]1CC[C@H]([C@H]2CC[C@H](CCc3ccc(OC[C@H]4CC[C@H](CC)CC4)c(F)c3F)CC2)CC1. The Kier molecular flexibility index (Phi) is 11.6. The molecule has 3 heteroatoms. The second-order valence-corrected chi connectivity index (χ2v) is 13.1. The fourth-order valence-electron chi connectivity index (χ4n) is 7.83. The lowest BCUT2D eigenvalue weighted by atomic mass is 9.68. The number of unbranched alkanes of at least 4 members (excludes halogenated alkanes) is 2. The zero-order chi connectivity index (χ0) is 26.0. The fourth-order valence-corrected chi connectivity index (χ4v) is 7.83. The van der Waals surface area contributed by atoms with Gasteiger partial charge in [0.2, 0.25) is 5.82 Å². The van der Waals surface area contributed by atoms with Crippen molar-refractivity contribution in [1.29, 1.82) is 0 Å². The van der Waals surface area contributed by atoms with Crippen LogP contribution < -0.4 is 4.74 Å². The quantitative estimate of drug-likeness (QED) is 0.251. The molecule has 3 fully saturated rings. The number of halogens is 2. The third-order valence-electron chi connectivity index (χ3n) is 10.6. The standard InChI is InChI=1S/C34H54F2O/c1-3-5-6-7-26-12-17-29(18-13-26)30-19-14-27(15-20-30)16-21-31-22-23-32(34(36)33(31)35)37-24-28-10-8-25(4-2)9-11-28/h22-23,25-30H,3-21,24H2,1-2H3/t25-,26-,27-,28-,29-,30-. The van der Waals surface area contributed by atoms with Gasteiger partial charge in [-0.25, -0.2) is 4.39 Å². The van der Waals surface area contributed by atoms with Gasteiger partial charge < -0.3 is 4.74 Å². The maximum absolute atomic E-state index is 14.9. The minimum Gasteiger partial charge on any atom is -0.490 e. The van der Waals surface area contributed by atoms with Gasteiger partial charge >= 0.3 is 0 Å². The van der Waals surface area contributed by atoms with Crippen LogP contribution in [0.3, 0.4) is 0 Å². The van der Waals surface area contributed by atoms with Gasteiger partial charge in [0.25, 0.3) is 0 Å². The van der Waals surface area contributed by atoms with Crippen molar-refractivity contribution in [3.05, 3.63) is 29.3 Å². The molecule has 0 heterocycles. The molecule has 1 aromatic carbocycles. The summed E-state index contributed by atoms with van der Waals surface area (Å²) in [6.45, 7) is 5.07. The van der Waals surface area contributed by atoms with E-state index < -0.39 is 11.6 Å². The molecule has 3 aliphatic rings. The Balaban J connectivity index is 1.15. The average Bonchev–Trinajstić information content (AvgIpc) is 2.94. The molecule has 0 atom stereocenters. The van der Waals surface area contributed by atoms with Gasteiger partial charge in [-0.2, -0.15) is 4.39 Å². The zero-order valence-electron chi connectivity index (χ0n) is 23.9. The summed E-state index contributed by atoms with van der Waals surface area (Å²) in [4.78, 5) is 0. The van der Waals surface area contributed by atoms with Crippen molar-refractivity contribution in [2.45, 2.75) is 136 Å². The molecule has 37 heavy (non-hydrogen) atoms.